The highest BCUT2D eigenvalue weighted by molar-refractivity contribution is 5.17. The molecule has 4 heteroatoms. The Morgan fingerprint density at radius 2 is 1.88 bits per heavy atom. The molecule has 5 rings (SSSR count). The van der Waals surface area contributed by atoms with Crippen molar-refractivity contribution < 1.29 is 19.7 Å². The van der Waals surface area contributed by atoms with E-state index >= 15 is 0 Å². The van der Waals surface area contributed by atoms with Gasteiger partial charge in [-0.2, -0.15) is 0 Å². The van der Waals surface area contributed by atoms with Crippen LogP contribution in [0.25, 0.3) is 0 Å². The topological polar surface area (TPSA) is 58.9 Å². The average molecular weight is 348 g/mol. The first-order chi connectivity index (χ1) is 12.0. The molecule has 4 nitrogen and oxygen atoms in total. The molecule has 1 spiro atoms. The van der Waals surface area contributed by atoms with E-state index in [1.807, 2.05) is 6.08 Å². The van der Waals surface area contributed by atoms with Gasteiger partial charge in [-0.1, -0.05) is 25.5 Å². The molecule has 4 saturated carbocycles. The first kappa shape index (κ1) is 16.7. The Morgan fingerprint density at radius 3 is 2.60 bits per heavy atom. The first-order valence-corrected chi connectivity index (χ1v) is 10.4. The van der Waals surface area contributed by atoms with Gasteiger partial charge in [-0.3, -0.25) is 0 Å². The zero-order valence-corrected chi connectivity index (χ0v) is 15.3. The summed E-state index contributed by atoms with van der Waals surface area (Å²) in [6, 6.07) is 0. The van der Waals surface area contributed by atoms with Gasteiger partial charge in [-0.15, -0.1) is 0 Å². The third kappa shape index (κ3) is 2.40. The second-order valence-electron chi connectivity index (χ2n) is 9.47. The molecule has 1 saturated heterocycles. The van der Waals surface area contributed by atoms with Crippen LogP contribution in [0.2, 0.25) is 0 Å². The Kier molecular flexibility index (Phi) is 3.87. The summed E-state index contributed by atoms with van der Waals surface area (Å²) in [5, 5.41) is 21.0. The Morgan fingerprint density at radius 1 is 1.16 bits per heavy atom. The van der Waals surface area contributed by atoms with Gasteiger partial charge in [-0.05, 0) is 55.8 Å². The van der Waals surface area contributed by atoms with E-state index in [0.717, 1.165) is 43.4 Å². The Balaban J connectivity index is 1.23. The zero-order chi connectivity index (χ0) is 17.2. The molecule has 5 aliphatic rings. The second kappa shape index (κ2) is 5.79. The molecule has 0 aromatic rings. The summed E-state index contributed by atoms with van der Waals surface area (Å²) < 4.78 is 12.0. The molecule has 0 bridgehead atoms. The fourth-order valence-electron chi connectivity index (χ4n) is 6.84. The number of fused-ring (bicyclic) bond motifs is 3. The van der Waals surface area contributed by atoms with Crippen molar-refractivity contribution in [1.82, 2.24) is 0 Å². The van der Waals surface area contributed by atoms with Crippen LogP contribution in [0.4, 0.5) is 0 Å². The van der Waals surface area contributed by atoms with Gasteiger partial charge in [0.2, 0.25) is 0 Å². The van der Waals surface area contributed by atoms with Gasteiger partial charge in [0, 0.05) is 17.8 Å². The molecule has 2 N–H and O–H groups in total. The van der Waals surface area contributed by atoms with Crippen molar-refractivity contribution in [3.8, 4) is 0 Å². The fraction of sp³-hybridized carbons (Fsp3) is 0.905. The molecular formula is C21H32O4. The minimum Gasteiger partial charge on any atom is -0.393 e. The van der Waals surface area contributed by atoms with E-state index in [9.17, 15) is 10.2 Å². The third-order valence-electron chi connectivity index (χ3n) is 8.45. The van der Waals surface area contributed by atoms with Crippen LogP contribution in [0, 0.1) is 35.0 Å². The van der Waals surface area contributed by atoms with E-state index in [-0.39, 0.29) is 23.5 Å². The first-order valence-electron chi connectivity index (χ1n) is 10.4. The van der Waals surface area contributed by atoms with Crippen LogP contribution in [-0.4, -0.2) is 41.4 Å². The molecule has 0 amide bonds. The van der Waals surface area contributed by atoms with E-state index in [1.165, 1.54) is 19.3 Å². The van der Waals surface area contributed by atoms with Crippen molar-refractivity contribution in [3.05, 3.63) is 12.2 Å². The summed E-state index contributed by atoms with van der Waals surface area (Å²) in [4.78, 5) is 0. The third-order valence-corrected chi connectivity index (χ3v) is 8.45. The van der Waals surface area contributed by atoms with Gasteiger partial charge in [0.1, 0.15) is 0 Å². The van der Waals surface area contributed by atoms with Crippen LogP contribution >= 0.6 is 0 Å². The zero-order valence-electron chi connectivity index (χ0n) is 15.3. The fourth-order valence-corrected chi connectivity index (χ4v) is 6.84. The summed E-state index contributed by atoms with van der Waals surface area (Å²) in [5.74, 6) is 2.64. The maximum absolute atomic E-state index is 10.6. The molecule has 7 atom stereocenters. The largest absolute Gasteiger partial charge is 0.393 e. The van der Waals surface area contributed by atoms with Crippen LogP contribution in [0.15, 0.2) is 12.2 Å². The lowest BCUT2D eigenvalue weighted by Crippen LogP contribution is -2.67. The van der Waals surface area contributed by atoms with Gasteiger partial charge in [0.05, 0.1) is 25.4 Å². The summed E-state index contributed by atoms with van der Waals surface area (Å²) in [5.41, 5.74) is -0.00376. The normalized spacial score (nSPS) is 51.3. The van der Waals surface area contributed by atoms with Crippen molar-refractivity contribution >= 4 is 0 Å². The van der Waals surface area contributed by atoms with Crippen LogP contribution < -0.4 is 0 Å². The number of ether oxygens (including phenoxy) is 2. The van der Waals surface area contributed by atoms with Gasteiger partial charge in [0.25, 0.3) is 0 Å². The number of hydrogen-bond acceptors (Lipinski definition) is 4. The Labute approximate surface area is 150 Å². The predicted molar refractivity (Wildman–Crippen MR) is 93.7 cm³/mol. The summed E-state index contributed by atoms with van der Waals surface area (Å²) >= 11 is 0. The van der Waals surface area contributed by atoms with Crippen molar-refractivity contribution in [2.75, 3.05) is 13.2 Å². The monoisotopic (exact) mass is 348 g/mol. The van der Waals surface area contributed by atoms with Crippen LogP contribution in [0.1, 0.15) is 51.9 Å². The minimum atomic E-state index is -0.409. The maximum Gasteiger partial charge on any atom is 0.174 e. The molecule has 1 aliphatic heterocycles. The highest BCUT2D eigenvalue weighted by Gasteiger charge is 2.69. The van der Waals surface area contributed by atoms with E-state index in [1.54, 1.807) is 0 Å². The molecule has 0 aromatic carbocycles. The highest BCUT2D eigenvalue weighted by atomic mass is 16.7. The van der Waals surface area contributed by atoms with Gasteiger partial charge in [0.15, 0.2) is 5.79 Å². The van der Waals surface area contributed by atoms with Crippen molar-refractivity contribution in [2.45, 2.75) is 69.9 Å². The van der Waals surface area contributed by atoms with Crippen molar-refractivity contribution in [1.29, 1.82) is 0 Å². The van der Waals surface area contributed by atoms with E-state index in [2.05, 4.69) is 13.0 Å². The summed E-state index contributed by atoms with van der Waals surface area (Å²) in [7, 11) is 0. The highest BCUT2D eigenvalue weighted by Crippen LogP contribution is 2.66. The van der Waals surface area contributed by atoms with Crippen molar-refractivity contribution in [2.24, 2.45) is 35.0 Å². The van der Waals surface area contributed by atoms with E-state index < -0.39 is 5.79 Å². The van der Waals surface area contributed by atoms with Gasteiger partial charge in [-0.25, -0.2) is 0 Å². The Hall–Kier alpha value is -0.420. The van der Waals surface area contributed by atoms with Crippen LogP contribution in [0.5, 0.6) is 0 Å². The average Bonchev–Trinajstić information content (AvgIpc) is 3.05. The van der Waals surface area contributed by atoms with Crippen molar-refractivity contribution in [3.63, 3.8) is 0 Å². The number of rotatable bonds is 4. The molecule has 4 aliphatic carbocycles. The summed E-state index contributed by atoms with van der Waals surface area (Å²) in [6.45, 7) is 3.64. The van der Waals surface area contributed by atoms with E-state index in [0.29, 0.717) is 19.1 Å². The number of aliphatic hydroxyl groups is 2. The molecule has 2 unspecified atom stereocenters. The summed E-state index contributed by atoms with van der Waals surface area (Å²) in [6.07, 6.45) is 11.1. The number of aliphatic hydroxyl groups excluding tert-OH is 2. The van der Waals surface area contributed by atoms with Gasteiger partial charge >= 0.3 is 0 Å². The van der Waals surface area contributed by atoms with Gasteiger partial charge < -0.3 is 19.7 Å². The molecule has 0 aromatic heterocycles. The molecule has 140 valence electrons. The quantitative estimate of drug-likeness (QED) is 0.767. The second-order valence-corrected chi connectivity index (χ2v) is 9.47. The standard InChI is InChI=1S/C21H32O4/c1-20-8-7-19(23)16(18(20)12-21(20)24-9-10-25-21)6-5-13(22)11-17-14-3-2-4-15(14)17/h5-6,13-19,22-23H,2-4,7-12H2,1H3/b6-5+/t13-,14?,15?,16-,17?,18-,19-,20+/m1/s1. The lowest BCUT2D eigenvalue weighted by Gasteiger charge is -2.64. The van der Waals surface area contributed by atoms with Crippen LogP contribution in [-0.2, 0) is 9.47 Å². The number of hydrogen-bond donors (Lipinski definition) is 2. The van der Waals surface area contributed by atoms with Crippen LogP contribution in [0.3, 0.4) is 0 Å². The lowest BCUT2D eigenvalue weighted by atomic mass is 9.47. The predicted octanol–water partition coefficient (Wildman–Crippen LogP) is 2.88. The minimum absolute atomic E-state index is 0.00376. The molecule has 25 heavy (non-hydrogen) atoms. The lowest BCUT2D eigenvalue weighted by molar-refractivity contribution is -0.344. The Bertz CT molecular complexity index is 544. The molecule has 5 fully saturated rings. The SMILES string of the molecule is C[C@]12CC[C@@H](O)[C@H](/C=C/[C@@H](O)CC3C4CCCC43)[C@H]1CC21OCCO1. The smallest absolute Gasteiger partial charge is 0.174 e. The molecule has 0 radical (unpaired) electrons. The molecular weight excluding hydrogens is 316 g/mol. The maximum atomic E-state index is 10.6. The molecule has 1 heterocycles. The van der Waals surface area contributed by atoms with E-state index in [4.69, 9.17) is 9.47 Å².